The lowest BCUT2D eigenvalue weighted by Crippen LogP contribution is -2.55. The van der Waals surface area contributed by atoms with Crippen LogP contribution in [0.25, 0.3) is 0 Å². The van der Waals surface area contributed by atoms with Gasteiger partial charge in [-0.05, 0) is 67.2 Å². The molecule has 2 aromatic carbocycles. The van der Waals surface area contributed by atoms with Crippen molar-refractivity contribution >= 4 is 23.2 Å². The summed E-state index contributed by atoms with van der Waals surface area (Å²) in [4.78, 5) is 2.47. The number of fused-ring (bicyclic) bond motifs is 3. The molecule has 1 N–H and O–H groups in total. The molecular formula is C20H21Cl2NO. The third kappa shape index (κ3) is 2.76. The van der Waals surface area contributed by atoms with Gasteiger partial charge in [0.15, 0.2) is 0 Å². The van der Waals surface area contributed by atoms with E-state index in [1.807, 2.05) is 48.5 Å². The molecule has 5 rings (SSSR count). The molecule has 1 atom stereocenters. The Kier molecular flexibility index (Phi) is 4.34. The molecule has 0 amide bonds. The number of benzene rings is 2. The third-order valence-corrected chi connectivity index (χ3v) is 6.27. The molecule has 3 heterocycles. The van der Waals surface area contributed by atoms with E-state index in [9.17, 15) is 5.11 Å². The average Bonchev–Trinajstić information content (AvgIpc) is 2.63. The number of hydrogen-bond acceptors (Lipinski definition) is 2. The van der Waals surface area contributed by atoms with E-state index in [2.05, 4.69) is 4.90 Å². The van der Waals surface area contributed by atoms with Crippen LogP contribution >= 0.6 is 23.2 Å². The van der Waals surface area contributed by atoms with Gasteiger partial charge in [0.2, 0.25) is 0 Å². The van der Waals surface area contributed by atoms with Gasteiger partial charge in [0.25, 0.3) is 0 Å². The third-order valence-electron chi connectivity index (χ3n) is 5.76. The van der Waals surface area contributed by atoms with Crippen LogP contribution in [0.1, 0.15) is 24.0 Å². The summed E-state index contributed by atoms with van der Waals surface area (Å²) in [6.07, 6.45) is 2.32. The molecule has 2 bridgehead atoms. The largest absolute Gasteiger partial charge is 0.380 e. The molecule has 4 heteroatoms. The number of aliphatic hydroxyl groups is 1. The Morgan fingerprint density at radius 1 is 0.833 bits per heavy atom. The summed E-state index contributed by atoms with van der Waals surface area (Å²) in [6.45, 7) is 3.24. The normalized spacial score (nSPS) is 26.5. The fourth-order valence-electron chi connectivity index (χ4n) is 4.44. The second kappa shape index (κ2) is 6.34. The molecule has 24 heavy (non-hydrogen) atoms. The predicted molar refractivity (Wildman–Crippen MR) is 98.6 cm³/mol. The van der Waals surface area contributed by atoms with E-state index in [0.29, 0.717) is 16.0 Å². The van der Waals surface area contributed by atoms with Gasteiger partial charge < -0.3 is 10.0 Å². The van der Waals surface area contributed by atoms with Gasteiger partial charge in [-0.25, -0.2) is 0 Å². The van der Waals surface area contributed by atoms with Gasteiger partial charge in [-0.1, -0.05) is 47.5 Å². The van der Waals surface area contributed by atoms with Crippen LogP contribution in [0, 0.1) is 11.8 Å². The van der Waals surface area contributed by atoms with Crippen molar-refractivity contribution in [2.45, 2.75) is 18.4 Å². The van der Waals surface area contributed by atoms with E-state index in [1.54, 1.807) is 0 Å². The van der Waals surface area contributed by atoms with Crippen molar-refractivity contribution in [3.8, 4) is 0 Å². The number of rotatable bonds is 3. The van der Waals surface area contributed by atoms with E-state index in [-0.39, 0.29) is 5.92 Å². The molecule has 0 radical (unpaired) electrons. The van der Waals surface area contributed by atoms with Gasteiger partial charge in [-0.2, -0.15) is 0 Å². The lowest BCUT2D eigenvalue weighted by Gasteiger charge is -2.51. The van der Waals surface area contributed by atoms with Crippen molar-refractivity contribution in [2.24, 2.45) is 11.8 Å². The summed E-state index contributed by atoms with van der Waals surface area (Å²) in [5, 5.41) is 13.3. The maximum Gasteiger partial charge on any atom is 0.119 e. The highest BCUT2D eigenvalue weighted by Crippen LogP contribution is 2.47. The molecule has 0 aliphatic carbocycles. The van der Waals surface area contributed by atoms with Crippen LogP contribution in [-0.4, -0.2) is 29.6 Å². The standard InChI is InChI=1S/C20H21Cl2NO/c21-17-5-1-15(2-6-17)20(24,16-3-7-18(22)8-4-16)19-13-23-11-9-14(19)10-12-23/h1-8,14,19,24H,9-13H2. The summed E-state index contributed by atoms with van der Waals surface area (Å²) in [5.41, 5.74) is 0.805. The van der Waals surface area contributed by atoms with Gasteiger partial charge in [0.05, 0.1) is 0 Å². The fraction of sp³-hybridized carbons (Fsp3) is 0.400. The van der Waals surface area contributed by atoms with Crippen LogP contribution in [0.15, 0.2) is 48.5 Å². The first-order chi connectivity index (χ1) is 11.6. The van der Waals surface area contributed by atoms with Crippen molar-refractivity contribution < 1.29 is 5.11 Å². The van der Waals surface area contributed by atoms with Crippen LogP contribution in [0.2, 0.25) is 10.0 Å². The molecule has 2 nitrogen and oxygen atoms in total. The van der Waals surface area contributed by atoms with E-state index in [4.69, 9.17) is 23.2 Å². The lowest BCUT2D eigenvalue weighted by molar-refractivity contribution is -0.0764. The van der Waals surface area contributed by atoms with Crippen molar-refractivity contribution in [2.75, 3.05) is 19.6 Å². The van der Waals surface area contributed by atoms with Crippen molar-refractivity contribution in [3.63, 3.8) is 0 Å². The zero-order valence-electron chi connectivity index (χ0n) is 13.5. The smallest absolute Gasteiger partial charge is 0.119 e. The Bertz CT molecular complexity index is 660. The fourth-order valence-corrected chi connectivity index (χ4v) is 4.69. The SMILES string of the molecule is OC(c1ccc(Cl)cc1)(c1ccc(Cl)cc1)C1CN2CCC1CC2. The van der Waals surface area contributed by atoms with E-state index >= 15 is 0 Å². The Hall–Kier alpha value is -1.06. The molecule has 3 aliphatic heterocycles. The first-order valence-electron chi connectivity index (χ1n) is 8.54. The zero-order valence-corrected chi connectivity index (χ0v) is 15.0. The van der Waals surface area contributed by atoms with Gasteiger partial charge in [0.1, 0.15) is 5.60 Å². The van der Waals surface area contributed by atoms with Gasteiger partial charge >= 0.3 is 0 Å². The average molecular weight is 362 g/mol. The molecule has 3 fully saturated rings. The first kappa shape index (κ1) is 16.4. The Labute approximate surface area is 153 Å². The maximum atomic E-state index is 12.0. The molecule has 2 aromatic rings. The predicted octanol–water partition coefficient (Wildman–Crippen LogP) is 4.57. The molecule has 3 saturated heterocycles. The van der Waals surface area contributed by atoms with Crippen LogP contribution in [0.5, 0.6) is 0 Å². The molecule has 0 aromatic heterocycles. The minimum absolute atomic E-state index is 0.183. The van der Waals surface area contributed by atoms with Gasteiger partial charge in [0, 0.05) is 22.5 Å². The second-order valence-electron chi connectivity index (χ2n) is 7.02. The van der Waals surface area contributed by atoms with Gasteiger partial charge in [-0.3, -0.25) is 0 Å². The summed E-state index contributed by atoms with van der Waals surface area (Å²) in [7, 11) is 0. The minimum atomic E-state index is -1.01. The van der Waals surface area contributed by atoms with Crippen molar-refractivity contribution in [1.82, 2.24) is 4.90 Å². The highest BCUT2D eigenvalue weighted by molar-refractivity contribution is 6.30. The van der Waals surface area contributed by atoms with E-state index in [1.165, 1.54) is 0 Å². The highest BCUT2D eigenvalue weighted by atomic mass is 35.5. The molecule has 0 spiro atoms. The highest BCUT2D eigenvalue weighted by Gasteiger charge is 2.48. The van der Waals surface area contributed by atoms with Crippen molar-refractivity contribution in [1.29, 1.82) is 0 Å². The number of halogens is 2. The summed E-state index contributed by atoms with van der Waals surface area (Å²) in [5.74, 6) is 0.730. The second-order valence-corrected chi connectivity index (χ2v) is 7.90. The number of nitrogens with zero attached hydrogens (tertiary/aromatic N) is 1. The Balaban J connectivity index is 1.82. The number of piperidine rings is 3. The van der Waals surface area contributed by atoms with E-state index < -0.39 is 5.60 Å². The Morgan fingerprint density at radius 2 is 1.29 bits per heavy atom. The lowest BCUT2D eigenvalue weighted by atomic mass is 9.65. The maximum absolute atomic E-state index is 12.0. The zero-order chi connectivity index (χ0) is 16.7. The number of hydrogen-bond donors (Lipinski definition) is 1. The van der Waals surface area contributed by atoms with Crippen LogP contribution in [-0.2, 0) is 5.60 Å². The van der Waals surface area contributed by atoms with Crippen LogP contribution in [0.3, 0.4) is 0 Å². The van der Waals surface area contributed by atoms with Crippen LogP contribution < -0.4 is 0 Å². The summed E-state index contributed by atoms with van der Waals surface area (Å²) in [6, 6.07) is 15.3. The minimum Gasteiger partial charge on any atom is -0.380 e. The van der Waals surface area contributed by atoms with Crippen LogP contribution in [0.4, 0.5) is 0 Å². The van der Waals surface area contributed by atoms with E-state index in [0.717, 1.165) is 43.6 Å². The molecule has 3 aliphatic rings. The monoisotopic (exact) mass is 361 g/mol. The summed E-state index contributed by atoms with van der Waals surface area (Å²) >= 11 is 12.1. The molecule has 126 valence electrons. The molecular weight excluding hydrogens is 341 g/mol. The first-order valence-corrected chi connectivity index (χ1v) is 9.30. The molecule has 1 unspecified atom stereocenters. The van der Waals surface area contributed by atoms with Crippen molar-refractivity contribution in [3.05, 3.63) is 69.7 Å². The quantitative estimate of drug-likeness (QED) is 0.865. The van der Waals surface area contributed by atoms with Gasteiger partial charge in [-0.15, -0.1) is 0 Å². The summed E-state index contributed by atoms with van der Waals surface area (Å²) < 4.78 is 0. The molecule has 0 saturated carbocycles. The topological polar surface area (TPSA) is 23.5 Å². The Morgan fingerprint density at radius 3 is 1.67 bits per heavy atom.